The maximum Gasteiger partial charge on any atom is 2.00 e. The molecule has 10 rings (SSSR count). The van der Waals surface area contributed by atoms with Crippen molar-refractivity contribution in [3.05, 3.63) is 151 Å². The number of fused-ring (bicyclic) bond motifs is 2. The Morgan fingerprint density at radius 1 is 0.645 bits per heavy atom. The van der Waals surface area contributed by atoms with Crippen LogP contribution >= 0.6 is 0 Å². The fourth-order valence-electron chi connectivity index (χ4n) is 6.27. The second-order valence-electron chi connectivity index (χ2n) is 14.1. The van der Waals surface area contributed by atoms with E-state index in [-0.39, 0.29) is 63.4 Å². The van der Waals surface area contributed by atoms with Gasteiger partial charge in [-0.05, 0) is 79.4 Å². The monoisotopic (exact) mass is 918 g/mol. The molecule has 62 heavy (non-hydrogen) atoms. The molecule has 0 aliphatic heterocycles. The summed E-state index contributed by atoms with van der Waals surface area (Å²) in [6.07, 6.45) is 1.36. The van der Waals surface area contributed by atoms with Gasteiger partial charge in [0.25, 0.3) is 0 Å². The first-order valence-electron chi connectivity index (χ1n) is 18.8. The van der Waals surface area contributed by atoms with Gasteiger partial charge in [0.1, 0.15) is 23.2 Å². The molecule has 0 amide bonds. The van der Waals surface area contributed by atoms with Crippen LogP contribution in [0.5, 0.6) is 0 Å². The van der Waals surface area contributed by atoms with Gasteiger partial charge in [-0.15, -0.1) is 0 Å². The van der Waals surface area contributed by atoms with Crippen molar-refractivity contribution in [3.63, 3.8) is 0 Å². The number of benzene rings is 2. The van der Waals surface area contributed by atoms with E-state index in [4.69, 9.17) is 16.0 Å². The average molecular weight is 920 g/mol. The van der Waals surface area contributed by atoms with Gasteiger partial charge in [-0.3, -0.25) is 4.98 Å². The Kier molecular flexibility index (Phi) is 14.1. The van der Waals surface area contributed by atoms with Crippen LogP contribution in [0.1, 0.15) is 54.5 Å². The Labute approximate surface area is 377 Å². The second-order valence-corrected chi connectivity index (χ2v) is 14.1. The summed E-state index contributed by atoms with van der Waals surface area (Å²) in [6.45, 7) is 0. The number of hydrogen-bond donors (Lipinski definition) is 1. The maximum absolute atomic E-state index is 13.1. The Hall–Kier alpha value is -5.74. The molecule has 2 aromatic carbocycles. The largest absolute Gasteiger partial charge is 2.00 e. The fourth-order valence-corrected chi connectivity index (χ4v) is 6.27. The van der Waals surface area contributed by atoms with Gasteiger partial charge >= 0.3 is 35.4 Å². The quantitative estimate of drug-likeness (QED) is 0.108. The van der Waals surface area contributed by atoms with Crippen LogP contribution < -0.4 is 22.7 Å². The zero-order chi connectivity index (χ0) is 42.0. The molecular formula is C44H33BrF6MgN10. The minimum absolute atomic E-state index is 0. The molecule has 2 fully saturated rings. The number of nitrogens with two attached hydrogens (primary N) is 1. The zero-order valence-electron chi connectivity index (χ0n) is 32.6. The van der Waals surface area contributed by atoms with Crippen LogP contribution in [0.3, 0.4) is 0 Å². The summed E-state index contributed by atoms with van der Waals surface area (Å²) in [6, 6.07) is 31.2. The number of halogens is 7. The summed E-state index contributed by atoms with van der Waals surface area (Å²) >= 11 is 0. The van der Waals surface area contributed by atoms with Gasteiger partial charge in [-0.25, -0.2) is 37.2 Å². The Morgan fingerprint density at radius 3 is 1.56 bits per heavy atom. The van der Waals surface area contributed by atoms with E-state index < -0.39 is 23.7 Å². The normalized spacial score (nSPS) is 13.6. The standard InChI is InChI=1S/C22H18F3N5.C19H10F3N5.C3H5.BrH.Mg/c23-22(24,25)19-5-2-6-20(29-19)30-18-11-14(9-10-15(18)12-27-30)16-3-1-4-17(28-16)21(26)13-7-8-13;20-19(21,22)17-5-2-6-18(26-17)27-16-9-12(7-8-13(16)11-24-27)15-4-1-3-14(10-23)25-15;1-2-3-1;;/h1-6,9-13,21H,7-8,26H2;1-9,11H;1H,2-3H2;1H;/q;;-1;;+2/p-1. The van der Waals surface area contributed by atoms with Gasteiger partial charge in [0, 0.05) is 27.9 Å². The van der Waals surface area contributed by atoms with Gasteiger partial charge < -0.3 is 29.1 Å². The second kappa shape index (κ2) is 19.1. The van der Waals surface area contributed by atoms with Crippen molar-refractivity contribution in [2.24, 2.45) is 11.7 Å². The number of aromatic nitrogens is 8. The molecule has 0 spiro atoms. The molecule has 2 saturated carbocycles. The number of alkyl halides is 6. The molecule has 1 unspecified atom stereocenters. The molecule has 10 nitrogen and oxygen atoms in total. The van der Waals surface area contributed by atoms with Crippen LogP contribution in [0.2, 0.25) is 0 Å². The zero-order valence-corrected chi connectivity index (χ0v) is 35.6. The molecule has 0 bridgehead atoms. The van der Waals surface area contributed by atoms with E-state index in [0.717, 1.165) is 52.7 Å². The van der Waals surface area contributed by atoms with Crippen LogP contribution in [0.25, 0.3) is 56.0 Å². The third-order valence-electron chi connectivity index (χ3n) is 9.61. The third-order valence-corrected chi connectivity index (χ3v) is 9.61. The summed E-state index contributed by atoms with van der Waals surface area (Å²) in [4.78, 5) is 16.4. The van der Waals surface area contributed by atoms with Gasteiger partial charge in [-0.1, -0.05) is 48.5 Å². The summed E-state index contributed by atoms with van der Waals surface area (Å²) in [5.74, 6) is 0.661. The van der Waals surface area contributed by atoms with E-state index in [9.17, 15) is 26.3 Å². The topological polar surface area (TPSA) is 137 Å². The van der Waals surface area contributed by atoms with Crippen molar-refractivity contribution in [2.45, 2.75) is 44.1 Å². The minimum Gasteiger partial charge on any atom is -1.00 e. The molecule has 0 radical (unpaired) electrons. The summed E-state index contributed by atoms with van der Waals surface area (Å²) in [5.41, 5.74) is 9.62. The molecule has 2 aliphatic rings. The molecule has 18 heteroatoms. The predicted molar refractivity (Wildman–Crippen MR) is 218 cm³/mol. The first-order valence-corrected chi connectivity index (χ1v) is 18.8. The fraction of sp³-hybridized carbons (Fsp3) is 0.182. The molecule has 6 aromatic heterocycles. The van der Waals surface area contributed by atoms with Crippen LogP contribution in [-0.4, -0.2) is 62.5 Å². The van der Waals surface area contributed by atoms with Crippen molar-refractivity contribution in [1.29, 1.82) is 5.26 Å². The average Bonchev–Trinajstić information content (AvgIpc) is 4.22. The van der Waals surface area contributed by atoms with E-state index in [1.807, 2.05) is 48.5 Å². The van der Waals surface area contributed by atoms with Crippen LogP contribution in [0, 0.1) is 23.7 Å². The van der Waals surface area contributed by atoms with Crippen molar-refractivity contribution >= 4 is 44.9 Å². The van der Waals surface area contributed by atoms with E-state index in [1.165, 1.54) is 46.5 Å². The summed E-state index contributed by atoms with van der Waals surface area (Å²) in [5, 5.41) is 19.0. The van der Waals surface area contributed by atoms with Gasteiger partial charge in [0.2, 0.25) is 0 Å². The molecule has 6 heterocycles. The minimum atomic E-state index is -4.54. The van der Waals surface area contributed by atoms with Gasteiger partial charge in [0.05, 0.1) is 40.5 Å². The summed E-state index contributed by atoms with van der Waals surface area (Å²) in [7, 11) is 0. The van der Waals surface area contributed by atoms with Crippen LogP contribution in [0.15, 0.2) is 122 Å². The first kappa shape index (κ1) is 45.8. The smallest absolute Gasteiger partial charge is 1.00 e. The van der Waals surface area contributed by atoms with E-state index in [2.05, 4.69) is 31.6 Å². The van der Waals surface area contributed by atoms with Gasteiger partial charge in [0.15, 0.2) is 11.6 Å². The Morgan fingerprint density at radius 2 is 1.11 bits per heavy atom. The summed E-state index contributed by atoms with van der Waals surface area (Å²) < 4.78 is 80.8. The molecule has 310 valence electrons. The van der Waals surface area contributed by atoms with E-state index in [1.54, 1.807) is 42.7 Å². The molecule has 2 aliphatic carbocycles. The number of rotatable bonds is 6. The number of hydrogen-bond acceptors (Lipinski definition) is 8. The van der Waals surface area contributed by atoms with E-state index in [0.29, 0.717) is 28.2 Å². The third kappa shape index (κ3) is 10.6. The molecule has 2 N–H and O–H groups in total. The molecule has 0 saturated heterocycles. The first-order chi connectivity index (χ1) is 28.9. The molecule has 1 atom stereocenters. The number of pyridine rings is 4. The van der Waals surface area contributed by atoms with Crippen molar-refractivity contribution in [2.75, 3.05) is 0 Å². The van der Waals surface area contributed by atoms with Crippen molar-refractivity contribution < 1.29 is 43.3 Å². The van der Waals surface area contributed by atoms with Crippen LogP contribution in [0.4, 0.5) is 26.3 Å². The van der Waals surface area contributed by atoms with Gasteiger partial charge in [-0.2, -0.15) is 41.8 Å². The molecule has 8 aromatic rings. The van der Waals surface area contributed by atoms with Crippen molar-refractivity contribution in [1.82, 2.24) is 39.5 Å². The molecular weight excluding hydrogens is 887 g/mol. The Bertz CT molecular complexity index is 2860. The van der Waals surface area contributed by atoms with Crippen molar-refractivity contribution in [3.8, 4) is 40.2 Å². The maximum atomic E-state index is 13.1. The number of nitriles is 1. The Balaban J connectivity index is 0.000000189. The van der Waals surface area contributed by atoms with Crippen LogP contribution in [-0.2, 0) is 12.4 Å². The predicted octanol–water partition coefficient (Wildman–Crippen LogP) is 6.89. The number of nitrogens with zero attached hydrogens (tertiary/aromatic N) is 9. The van der Waals surface area contributed by atoms with E-state index >= 15 is 0 Å². The SMILES string of the molecule is N#Cc1cccc(-c2ccc3cnn(-c4cccc(C(F)(F)F)n4)c3c2)n1.NC(c1cccc(-c2ccc3cnn(-c4cccc(C(F)(F)F)n4)c3c2)n1)C1CC1.[Br-].[CH-]1CC1.[Mg+2].